The van der Waals surface area contributed by atoms with Gasteiger partial charge < -0.3 is 14.3 Å². The normalized spacial score (nSPS) is 11.3. The number of hydrogen-bond donors (Lipinski definition) is 1. The zero-order chi connectivity index (χ0) is 15.6. The van der Waals surface area contributed by atoms with Crippen molar-refractivity contribution in [3.63, 3.8) is 0 Å². The number of carbonyl (C=O) groups is 1. The fraction of sp³-hybridized carbons (Fsp3) is 0.214. The Hall–Kier alpha value is -2.28. The van der Waals surface area contributed by atoms with Crippen molar-refractivity contribution >= 4 is 15.8 Å². The summed E-state index contributed by atoms with van der Waals surface area (Å²) in [4.78, 5) is 10.9. The number of hydrogen-bond acceptors (Lipinski definition) is 5. The highest BCUT2D eigenvalue weighted by atomic mass is 32.2. The van der Waals surface area contributed by atoms with E-state index in [0.717, 1.165) is 0 Å². The smallest absolute Gasteiger partial charge is 0.372 e. The van der Waals surface area contributed by atoms with E-state index in [9.17, 15) is 13.2 Å². The Morgan fingerprint density at radius 1 is 1.33 bits per heavy atom. The van der Waals surface area contributed by atoms with Crippen molar-refractivity contribution in [3.05, 3.63) is 47.4 Å². The minimum Gasteiger partial charge on any atom is -0.495 e. The Kier molecular flexibility index (Phi) is 4.04. The number of rotatable bonds is 5. The molecule has 0 unspecified atom stereocenters. The van der Waals surface area contributed by atoms with Gasteiger partial charge in [0.2, 0.25) is 5.76 Å². The molecule has 0 fully saturated rings. The zero-order valence-corrected chi connectivity index (χ0v) is 12.3. The standard InChI is InChI=1S/C14H14O6S/c1-9-7-10(20-13(9)14(15)16)8-21(17,18)12-6-4-3-5-11(12)19-2/h3-7H,8H2,1-2H3,(H,15,16). The highest BCUT2D eigenvalue weighted by Crippen LogP contribution is 2.27. The van der Waals surface area contributed by atoms with Gasteiger partial charge in [-0.3, -0.25) is 0 Å². The van der Waals surface area contributed by atoms with Crippen LogP contribution in [0.3, 0.4) is 0 Å². The van der Waals surface area contributed by atoms with Gasteiger partial charge in [0.25, 0.3) is 0 Å². The molecule has 1 aromatic carbocycles. The maximum Gasteiger partial charge on any atom is 0.372 e. The molecule has 0 atom stereocenters. The monoisotopic (exact) mass is 310 g/mol. The summed E-state index contributed by atoms with van der Waals surface area (Å²) in [7, 11) is -2.31. The summed E-state index contributed by atoms with van der Waals surface area (Å²) in [5, 5.41) is 8.91. The summed E-state index contributed by atoms with van der Waals surface area (Å²) in [6, 6.07) is 7.64. The average Bonchev–Trinajstić information content (AvgIpc) is 2.79. The number of furan rings is 1. The van der Waals surface area contributed by atoms with E-state index < -0.39 is 21.6 Å². The van der Waals surface area contributed by atoms with Gasteiger partial charge in [0.15, 0.2) is 9.84 Å². The van der Waals surface area contributed by atoms with Crippen LogP contribution < -0.4 is 4.74 Å². The van der Waals surface area contributed by atoms with Crippen LogP contribution in [0.25, 0.3) is 0 Å². The van der Waals surface area contributed by atoms with Gasteiger partial charge in [-0.05, 0) is 25.1 Å². The van der Waals surface area contributed by atoms with Crippen molar-refractivity contribution in [3.8, 4) is 5.75 Å². The number of carboxylic acids is 1. The summed E-state index contributed by atoms with van der Waals surface area (Å²) < 4.78 is 34.9. The van der Waals surface area contributed by atoms with E-state index >= 15 is 0 Å². The predicted molar refractivity (Wildman–Crippen MR) is 74.3 cm³/mol. The van der Waals surface area contributed by atoms with Gasteiger partial charge in [0, 0.05) is 5.56 Å². The first-order chi connectivity index (χ1) is 9.85. The number of aromatic carboxylic acids is 1. The van der Waals surface area contributed by atoms with Crippen LogP contribution in [0.5, 0.6) is 5.75 Å². The third kappa shape index (κ3) is 3.08. The third-order valence-corrected chi connectivity index (χ3v) is 4.57. The topological polar surface area (TPSA) is 93.8 Å². The molecular formula is C14H14O6S. The van der Waals surface area contributed by atoms with Crippen molar-refractivity contribution < 1.29 is 27.5 Å². The summed E-state index contributed by atoms with van der Waals surface area (Å²) >= 11 is 0. The van der Waals surface area contributed by atoms with Crippen molar-refractivity contribution in [2.45, 2.75) is 17.6 Å². The van der Waals surface area contributed by atoms with E-state index in [2.05, 4.69) is 0 Å². The minimum absolute atomic E-state index is 0.0402. The molecule has 2 rings (SSSR count). The van der Waals surface area contributed by atoms with Crippen LogP contribution in [-0.4, -0.2) is 26.6 Å². The number of carboxylic acid groups (broad SMARTS) is 1. The highest BCUT2D eigenvalue weighted by Gasteiger charge is 2.23. The molecule has 0 aliphatic heterocycles. The maximum absolute atomic E-state index is 12.4. The largest absolute Gasteiger partial charge is 0.495 e. The fourth-order valence-corrected chi connectivity index (χ4v) is 3.39. The molecule has 7 heteroatoms. The molecular weight excluding hydrogens is 296 g/mol. The van der Waals surface area contributed by atoms with Crippen molar-refractivity contribution in [1.29, 1.82) is 0 Å². The van der Waals surface area contributed by atoms with E-state index in [4.69, 9.17) is 14.3 Å². The lowest BCUT2D eigenvalue weighted by molar-refractivity contribution is 0.0659. The zero-order valence-electron chi connectivity index (χ0n) is 11.5. The molecule has 6 nitrogen and oxygen atoms in total. The van der Waals surface area contributed by atoms with E-state index in [1.165, 1.54) is 19.2 Å². The SMILES string of the molecule is COc1ccccc1S(=O)(=O)Cc1cc(C)c(C(=O)O)o1. The number of ether oxygens (including phenoxy) is 1. The molecule has 0 aliphatic carbocycles. The Labute approximate surface area is 121 Å². The number of para-hydroxylation sites is 1. The highest BCUT2D eigenvalue weighted by molar-refractivity contribution is 7.90. The van der Waals surface area contributed by atoms with Gasteiger partial charge in [0.1, 0.15) is 22.2 Å². The lowest BCUT2D eigenvalue weighted by Crippen LogP contribution is -2.06. The molecule has 0 bridgehead atoms. The second-order valence-electron chi connectivity index (χ2n) is 4.44. The molecule has 1 aromatic heterocycles. The summed E-state index contributed by atoms with van der Waals surface area (Å²) in [6.45, 7) is 1.55. The molecule has 21 heavy (non-hydrogen) atoms. The first-order valence-electron chi connectivity index (χ1n) is 6.03. The first-order valence-corrected chi connectivity index (χ1v) is 7.69. The van der Waals surface area contributed by atoms with Gasteiger partial charge in [-0.1, -0.05) is 12.1 Å². The summed E-state index contributed by atoms with van der Waals surface area (Å²) in [5.41, 5.74) is 0.382. The molecule has 112 valence electrons. The third-order valence-electron chi connectivity index (χ3n) is 2.90. The Morgan fingerprint density at radius 3 is 2.57 bits per heavy atom. The second kappa shape index (κ2) is 5.61. The predicted octanol–water partition coefficient (Wildman–Crippen LogP) is 2.27. The lowest BCUT2D eigenvalue weighted by Gasteiger charge is -2.07. The Bertz CT molecular complexity index is 773. The Morgan fingerprint density at radius 2 is 2.00 bits per heavy atom. The molecule has 0 aliphatic rings. The van der Waals surface area contributed by atoms with Crippen LogP contribution in [0.1, 0.15) is 21.9 Å². The summed E-state index contributed by atoms with van der Waals surface area (Å²) in [5.74, 6) is -1.59. The number of benzene rings is 1. The van der Waals surface area contributed by atoms with Gasteiger partial charge in [-0.15, -0.1) is 0 Å². The molecule has 0 saturated heterocycles. The first kappa shape index (κ1) is 15.1. The molecule has 0 spiro atoms. The Balaban J connectivity index is 2.38. The lowest BCUT2D eigenvalue weighted by atomic mass is 10.3. The molecule has 1 N–H and O–H groups in total. The van der Waals surface area contributed by atoms with Crippen LogP contribution in [0.2, 0.25) is 0 Å². The molecule has 0 amide bonds. The number of aryl methyl sites for hydroxylation is 1. The fourth-order valence-electron chi connectivity index (χ4n) is 1.97. The molecule has 2 aromatic rings. The van der Waals surface area contributed by atoms with Crippen LogP contribution in [0.15, 0.2) is 39.6 Å². The van der Waals surface area contributed by atoms with Crippen LogP contribution in [0.4, 0.5) is 0 Å². The number of sulfone groups is 1. The van der Waals surface area contributed by atoms with Crippen LogP contribution in [-0.2, 0) is 15.6 Å². The van der Waals surface area contributed by atoms with Crippen LogP contribution in [0, 0.1) is 6.92 Å². The van der Waals surface area contributed by atoms with Gasteiger partial charge in [-0.25, -0.2) is 13.2 Å². The van der Waals surface area contributed by atoms with Gasteiger partial charge in [-0.2, -0.15) is 0 Å². The second-order valence-corrected chi connectivity index (χ2v) is 6.40. The maximum atomic E-state index is 12.4. The number of methoxy groups -OCH3 is 1. The average molecular weight is 310 g/mol. The van der Waals surface area contributed by atoms with Crippen molar-refractivity contribution in [2.75, 3.05) is 7.11 Å². The van der Waals surface area contributed by atoms with Crippen LogP contribution >= 0.6 is 0 Å². The van der Waals surface area contributed by atoms with Gasteiger partial charge >= 0.3 is 5.97 Å². The van der Waals surface area contributed by atoms with E-state index in [0.29, 0.717) is 5.56 Å². The summed E-state index contributed by atoms with van der Waals surface area (Å²) in [6.07, 6.45) is 0. The molecule has 0 saturated carbocycles. The molecule has 1 heterocycles. The van der Waals surface area contributed by atoms with E-state index in [1.54, 1.807) is 25.1 Å². The van der Waals surface area contributed by atoms with E-state index in [1.807, 2.05) is 0 Å². The van der Waals surface area contributed by atoms with Gasteiger partial charge in [0.05, 0.1) is 7.11 Å². The quantitative estimate of drug-likeness (QED) is 0.910. The van der Waals surface area contributed by atoms with Crippen molar-refractivity contribution in [2.24, 2.45) is 0 Å². The van der Waals surface area contributed by atoms with E-state index in [-0.39, 0.29) is 22.2 Å². The molecule has 0 radical (unpaired) electrons. The minimum atomic E-state index is -3.70. The van der Waals surface area contributed by atoms with Crippen molar-refractivity contribution in [1.82, 2.24) is 0 Å².